The molecule has 0 atom stereocenters. The average molecular weight is 789 g/mol. The lowest BCUT2D eigenvalue weighted by Gasteiger charge is -2.18. The monoisotopic (exact) mass is 788 g/mol. The Morgan fingerprint density at radius 1 is 0.481 bits per heavy atom. The van der Waals surface area contributed by atoms with Gasteiger partial charge >= 0.3 is 0 Å². The molecule has 54 heavy (non-hydrogen) atoms. The number of anilines is 2. The Morgan fingerprint density at radius 2 is 0.796 bits per heavy atom. The lowest BCUT2D eigenvalue weighted by Crippen LogP contribution is -2.14. The lowest BCUT2D eigenvalue weighted by atomic mass is 10.1. The van der Waals surface area contributed by atoms with Crippen LogP contribution in [0.15, 0.2) is 149 Å². The minimum atomic E-state index is -0.185. The van der Waals surface area contributed by atoms with Gasteiger partial charge in [0.1, 0.15) is 11.5 Å². The minimum absolute atomic E-state index is 0.185. The molecule has 5 aromatic carbocycles. The second-order valence-corrected chi connectivity index (χ2v) is 17.1. The van der Waals surface area contributed by atoms with Crippen LogP contribution in [0.25, 0.3) is 11.1 Å². The molecule has 0 unspecified atom stereocenters. The van der Waals surface area contributed by atoms with Crippen molar-refractivity contribution in [2.45, 2.75) is 59.1 Å². The van der Waals surface area contributed by atoms with E-state index in [1.807, 2.05) is 121 Å². The molecular formula is C44H40N2O4S4. The maximum Gasteiger partial charge on any atom is 0.257 e. The van der Waals surface area contributed by atoms with Gasteiger partial charge in [0.25, 0.3) is 11.8 Å². The number of fused-ring (bicyclic) bond motifs is 2. The topological polar surface area (TPSA) is 76.7 Å². The van der Waals surface area contributed by atoms with E-state index in [2.05, 4.69) is 24.5 Å². The minimum Gasteiger partial charge on any atom is -0.491 e. The smallest absolute Gasteiger partial charge is 0.257 e. The van der Waals surface area contributed by atoms with E-state index in [0.29, 0.717) is 24.4 Å². The molecule has 2 aliphatic heterocycles. The maximum atomic E-state index is 14.2. The molecule has 274 valence electrons. The second-order valence-electron chi connectivity index (χ2n) is 12.5. The van der Waals surface area contributed by atoms with Crippen molar-refractivity contribution in [2.75, 3.05) is 23.8 Å². The van der Waals surface area contributed by atoms with Crippen molar-refractivity contribution in [3.8, 4) is 11.5 Å². The Hall–Kier alpha value is -4.48. The van der Waals surface area contributed by atoms with Crippen molar-refractivity contribution in [1.82, 2.24) is 0 Å². The van der Waals surface area contributed by atoms with Crippen LogP contribution in [0.3, 0.4) is 0 Å². The van der Waals surface area contributed by atoms with Crippen LogP contribution in [0.1, 0.15) is 50.7 Å². The largest absolute Gasteiger partial charge is 0.491 e. The SMILES string of the molecule is CCCCOc1c2c(c(OCCCC)c3c1SC(=C(C(=O)Nc1ccccc1)c1ccccc1)S3)SC(=C(C(=O)Nc1ccccc1)c1ccccc1)S2. The van der Waals surface area contributed by atoms with E-state index in [1.165, 1.54) is 0 Å². The molecule has 2 amide bonds. The first kappa shape index (κ1) is 37.8. The average Bonchev–Trinajstić information content (AvgIpc) is 3.83. The molecule has 7 rings (SSSR count). The fourth-order valence-electron chi connectivity index (χ4n) is 5.83. The van der Waals surface area contributed by atoms with E-state index in [0.717, 1.165) is 87.7 Å². The standard InChI is InChI=1S/C44H40N2O4S4/c1-3-5-27-49-35-37-39(53-43(51-37)33(29-19-11-7-12-20-29)41(47)45-31-23-15-9-16-24-31)36(50-28-6-4-2)40-38(35)52-44(54-40)34(30-21-13-8-14-22-30)42(48)46-32-25-17-10-18-26-32/h7-26H,3-6,27-28H2,1-2H3,(H,45,47)(H,46,48). The molecule has 10 heteroatoms. The predicted octanol–water partition coefficient (Wildman–Crippen LogP) is 12.5. The van der Waals surface area contributed by atoms with Gasteiger partial charge in [-0.3, -0.25) is 9.59 Å². The second kappa shape index (κ2) is 18.2. The summed E-state index contributed by atoms with van der Waals surface area (Å²) in [6, 6.07) is 38.7. The maximum absolute atomic E-state index is 14.2. The number of carbonyl (C=O) groups is 2. The first-order chi connectivity index (χ1) is 26.6. The molecule has 0 bridgehead atoms. The number of hydrogen-bond acceptors (Lipinski definition) is 8. The highest BCUT2D eigenvalue weighted by atomic mass is 32.2. The van der Waals surface area contributed by atoms with Crippen LogP contribution in [0.4, 0.5) is 11.4 Å². The van der Waals surface area contributed by atoms with Gasteiger partial charge in [-0.2, -0.15) is 0 Å². The molecular weight excluding hydrogens is 749 g/mol. The summed E-state index contributed by atoms with van der Waals surface area (Å²) in [6.45, 7) is 5.38. The molecule has 0 aliphatic carbocycles. The molecule has 2 aliphatic rings. The molecule has 2 N–H and O–H groups in total. The Kier molecular flexibility index (Phi) is 12.8. The summed E-state index contributed by atoms with van der Waals surface area (Å²) in [5.74, 6) is 1.16. The molecule has 2 heterocycles. The first-order valence-electron chi connectivity index (χ1n) is 18.1. The lowest BCUT2D eigenvalue weighted by molar-refractivity contribution is -0.111. The summed E-state index contributed by atoms with van der Waals surface area (Å²) in [7, 11) is 0. The zero-order valence-corrected chi connectivity index (χ0v) is 33.3. The highest BCUT2D eigenvalue weighted by molar-refractivity contribution is 8.26. The van der Waals surface area contributed by atoms with Crippen LogP contribution in [-0.2, 0) is 9.59 Å². The number of carbonyl (C=O) groups excluding carboxylic acids is 2. The molecule has 0 fully saturated rings. The summed E-state index contributed by atoms with van der Waals surface area (Å²) in [4.78, 5) is 32.1. The molecule has 6 nitrogen and oxygen atoms in total. The Labute approximate surface area is 334 Å². The number of nitrogens with one attached hydrogen (secondary N) is 2. The van der Waals surface area contributed by atoms with Crippen molar-refractivity contribution in [3.63, 3.8) is 0 Å². The van der Waals surface area contributed by atoms with Gasteiger partial charge in [0, 0.05) is 11.4 Å². The zero-order chi connectivity index (χ0) is 37.3. The number of thioether (sulfide) groups is 4. The van der Waals surface area contributed by atoms with E-state index in [-0.39, 0.29) is 11.8 Å². The number of benzene rings is 5. The number of unbranched alkanes of at least 4 members (excludes halogenated alkanes) is 2. The third kappa shape index (κ3) is 8.57. The number of ether oxygens (including phenoxy) is 2. The first-order valence-corrected chi connectivity index (χ1v) is 21.3. The normalized spacial score (nSPS) is 12.9. The highest BCUT2D eigenvalue weighted by Crippen LogP contribution is 2.69. The van der Waals surface area contributed by atoms with E-state index >= 15 is 0 Å². The molecule has 5 aromatic rings. The van der Waals surface area contributed by atoms with Gasteiger partial charge in [0.15, 0.2) is 0 Å². The Balaban J connectivity index is 1.37. The quantitative estimate of drug-likeness (QED) is 0.0851. The Bertz CT molecular complexity index is 1980. The van der Waals surface area contributed by atoms with Gasteiger partial charge in [0.05, 0.1) is 52.4 Å². The van der Waals surface area contributed by atoms with Crippen molar-refractivity contribution in [3.05, 3.63) is 141 Å². The van der Waals surface area contributed by atoms with Crippen LogP contribution in [0, 0.1) is 0 Å². The summed E-state index contributed by atoms with van der Waals surface area (Å²) < 4.78 is 15.2. The fraction of sp³-hybridized carbons (Fsp3) is 0.182. The van der Waals surface area contributed by atoms with Gasteiger partial charge in [-0.1, -0.05) is 171 Å². The van der Waals surface area contributed by atoms with Crippen LogP contribution in [0.2, 0.25) is 0 Å². The van der Waals surface area contributed by atoms with Crippen molar-refractivity contribution in [1.29, 1.82) is 0 Å². The predicted molar refractivity (Wildman–Crippen MR) is 228 cm³/mol. The van der Waals surface area contributed by atoms with Crippen LogP contribution >= 0.6 is 47.0 Å². The third-order valence-corrected chi connectivity index (χ3v) is 13.7. The summed E-state index contributed by atoms with van der Waals surface area (Å²) in [6.07, 6.45) is 3.75. The highest BCUT2D eigenvalue weighted by Gasteiger charge is 2.40. The number of hydrogen-bond donors (Lipinski definition) is 2. The Morgan fingerprint density at radius 3 is 1.11 bits per heavy atom. The molecule has 0 aromatic heterocycles. The van der Waals surface area contributed by atoms with Gasteiger partial charge in [-0.25, -0.2) is 0 Å². The molecule has 0 spiro atoms. The van der Waals surface area contributed by atoms with Gasteiger partial charge in [0.2, 0.25) is 0 Å². The van der Waals surface area contributed by atoms with E-state index in [1.54, 1.807) is 47.0 Å². The summed E-state index contributed by atoms with van der Waals surface area (Å²) in [5.41, 5.74) is 4.30. The summed E-state index contributed by atoms with van der Waals surface area (Å²) in [5, 5.41) is 6.25. The van der Waals surface area contributed by atoms with E-state index in [9.17, 15) is 9.59 Å². The number of rotatable bonds is 14. The van der Waals surface area contributed by atoms with Gasteiger partial charge in [-0.15, -0.1) is 0 Å². The third-order valence-electron chi connectivity index (χ3n) is 8.56. The zero-order valence-electron chi connectivity index (χ0n) is 30.1. The van der Waals surface area contributed by atoms with Crippen LogP contribution in [0.5, 0.6) is 11.5 Å². The number of amides is 2. The van der Waals surface area contributed by atoms with Crippen LogP contribution in [-0.4, -0.2) is 25.0 Å². The molecule has 0 saturated heterocycles. The summed E-state index contributed by atoms with van der Waals surface area (Å²) >= 11 is 6.22. The van der Waals surface area contributed by atoms with E-state index in [4.69, 9.17) is 9.47 Å². The molecule has 0 radical (unpaired) electrons. The fourth-order valence-corrected chi connectivity index (χ4v) is 11.5. The van der Waals surface area contributed by atoms with E-state index < -0.39 is 0 Å². The van der Waals surface area contributed by atoms with Crippen molar-refractivity contribution in [2.24, 2.45) is 0 Å². The van der Waals surface area contributed by atoms with Gasteiger partial charge < -0.3 is 20.1 Å². The number of para-hydroxylation sites is 2. The molecule has 0 saturated carbocycles. The van der Waals surface area contributed by atoms with Crippen LogP contribution < -0.4 is 20.1 Å². The van der Waals surface area contributed by atoms with Crippen molar-refractivity contribution >= 4 is 81.4 Å². The van der Waals surface area contributed by atoms with Crippen molar-refractivity contribution < 1.29 is 19.1 Å². The van der Waals surface area contributed by atoms with Gasteiger partial charge in [-0.05, 0) is 48.2 Å².